The van der Waals surface area contributed by atoms with E-state index in [0.717, 1.165) is 24.8 Å². The smallest absolute Gasteiger partial charge is 1.00 e. The van der Waals surface area contributed by atoms with Crippen LogP contribution in [0.25, 0.3) is 10.8 Å². The zero-order chi connectivity index (χ0) is 31.8. The van der Waals surface area contributed by atoms with Crippen molar-refractivity contribution in [3.05, 3.63) is 60.2 Å². The minimum atomic E-state index is -4.47. The summed E-state index contributed by atoms with van der Waals surface area (Å²) in [5, 5.41) is 14.9. The van der Waals surface area contributed by atoms with Gasteiger partial charge < -0.3 is 16.7 Å². The van der Waals surface area contributed by atoms with Gasteiger partial charge in [0.05, 0.1) is 21.8 Å². The van der Waals surface area contributed by atoms with Gasteiger partial charge >= 0.3 is 51.4 Å². The summed E-state index contributed by atoms with van der Waals surface area (Å²) < 4.78 is 33.3. The number of hydrogen-bond acceptors (Lipinski definition) is 5. The molecule has 0 unspecified atom stereocenters. The van der Waals surface area contributed by atoms with Crippen LogP contribution in [0.1, 0.15) is 121 Å². The van der Waals surface area contributed by atoms with E-state index in [1.54, 1.807) is 30.3 Å². The molecule has 3 aromatic carbocycles. The van der Waals surface area contributed by atoms with Crippen LogP contribution in [-0.2, 0) is 10.1 Å². The van der Waals surface area contributed by atoms with Crippen LogP contribution in [-0.4, -0.2) is 37.6 Å². The number of hydrogen-bond donors (Lipinski definition) is 3. The number of amides is 1. The van der Waals surface area contributed by atoms with E-state index in [1.807, 2.05) is 24.1 Å². The Bertz CT molecular complexity index is 1440. The fourth-order valence-corrected chi connectivity index (χ4v) is 6.26. The van der Waals surface area contributed by atoms with Gasteiger partial charge in [0.2, 0.25) is 0 Å². The zero-order valence-electron chi connectivity index (χ0n) is 28.7. The molecule has 45 heavy (non-hydrogen) atoms. The van der Waals surface area contributed by atoms with Crippen LogP contribution in [0.3, 0.4) is 0 Å². The third kappa shape index (κ3) is 13.7. The predicted octanol–water partition coefficient (Wildman–Crippen LogP) is 6.86. The summed E-state index contributed by atoms with van der Waals surface area (Å²) in [6, 6.07) is 14.7. The van der Waals surface area contributed by atoms with E-state index < -0.39 is 16.0 Å². The number of nitrogens with zero attached hydrogens (tertiary/aromatic N) is 1. The van der Waals surface area contributed by atoms with E-state index in [0.29, 0.717) is 11.1 Å². The molecule has 3 N–H and O–H groups in total. The molecular formula is C36H53KN2O5S. The summed E-state index contributed by atoms with van der Waals surface area (Å²) in [6.45, 7) is 2.99. The van der Waals surface area contributed by atoms with Gasteiger partial charge in [-0.25, -0.2) is 0 Å². The van der Waals surface area contributed by atoms with Crippen LogP contribution in [0.15, 0.2) is 59.5 Å². The molecule has 0 aliphatic rings. The SMILES string of the molecule is CCCCCCCCCCCCCCCCCCN(C)c1ccc(S(=O)(=O)O)cc1NC(=O)c1ccc2ccccc2c1O.[H-].[K+]. The Balaban J connectivity index is 0.00000529. The third-order valence-corrected chi connectivity index (χ3v) is 9.27. The monoisotopic (exact) mass is 664 g/mol. The topological polar surface area (TPSA) is 107 Å². The number of anilines is 2. The molecule has 9 heteroatoms. The number of nitrogens with one attached hydrogen (secondary N) is 1. The van der Waals surface area contributed by atoms with Gasteiger partial charge in [-0.3, -0.25) is 9.35 Å². The summed E-state index contributed by atoms with van der Waals surface area (Å²) in [4.78, 5) is 14.9. The summed E-state index contributed by atoms with van der Waals surface area (Å²) in [6.07, 6.45) is 20.8. The van der Waals surface area contributed by atoms with Crippen molar-refractivity contribution < 1.29 is 75.7 Å². The first-order chi connectivity index (χ1) is 21.2. The average Bonchev–Trinajstić information content (AvgIpc) is 3.00. The maximum Gasteiger partial charge on any atom is 1.00 e. The van der Waals surface area contributed by atoms with Crippen molar-refractivity contribution in [1.29, 1.82) is 0 Å². The summed E-state index contributed by atoms with van der Waals surface area (Å²) in [7, 11) is -2.57. The minimum Gasteiger partial charge on any atom is -1.00 e. The molecule has 7 nitrogen and oxygen atoms in total. The van der Waals surface area contributed by atoms with Gasteiger partial charge in [-0.05, 0) is 36.1 Å². The van der Waals surface area contributed by atoms with Gasteiger partial charge in [0.15, 0.2) is 0 Å². The van der Waals surface area contributed by atoms with Gasteiger partial charge in [0.1, 0.15) is 5.75 Å². The van der Waals surface area contributed by atoms with Gasteiger partial charge in [0, 0.05) is 19.0 Å². The van der Waals surface area contributed by atoms with Crippen molar-refractivity contribution in [3.8, 4) is 5.75 Å². The van der Waals surface area contributed by atoms with E-state index in [-0.39, 0.29) is 74.7 Å². The number of carbonyl (C=O) groups is 1. The van der Waals surface area contributed by atoms with Crippen molar-refractivity contribution in [3.63, 3.8) is 0 Å². The van der Waals surface area contributed by atoms with E-state index in [9.17, 15) is 22.9 Å². The fourth-order valence-electron chi connectivity index (χ4n) is 5.75. The Morgan fingerprint density at radius 1 is 0.778 bits per heavy atom. The van der Waals surface area contributed by atoms with E-state index >= 15 is 0 Å². The number of aromatic hydroxyl groups is 1. The second-order valence-electron chi connectivity index (χ2n) is 12.0. The third-order valence-electron chi connectivity index (χ3n) is 8.42. The van der Waals surface area contributed by atoms with E-state index in [1.165, 1.54) is 102 Å². The molecule has 0 radical (unpaired) electrons. The van der Waals surface area contributed by atoms with Gasteiger partial charge in [-0.15, -0.1) is 0 Å². The first-order valence-electron chi connectivity index (χ1n) is 16.6. The van der Waals surface area contributed by atoms with Crippen molar-refractivity contribution >= 4 is 38.2 Å². The van der Waals surface area contributed by atoms with Crippen LogP contribution in [0, 0.1) is 0 Å². The van der Waals surface area contributed by atoms with Crippen molar-refractivity contribution in [2.75, 3.05) is 23.8 Å². The number of unbranched alkanes of at least 4 members (excludes halogenated alkanes) is 15. The Morgan fingerprint density at radius 2 is 1.31 bits per heavy atom. The number of phenolic OH excluding ortho intramolecular Hbond substituents is 1. The molecule has 0 aliphatic carbocycles. The number of fused-ring (bicyclic) bond motifs is 1. The molecule has 0 atom stereocenters. The summed E-state index contributed by atoms with van der Waals surface area (Å²) in [5.41, 5.74) is 0.955. The number of benzene rings is 3. The van der Waals surface area contributed by atoms with Crippen LogP contribution in [0.4, 0.5) is 11.4 Å². The number of carbonyl (C=O) groups excluding carboxylic acids is 1. The predicted molar refractivity (Wildman–Crippen MR) is 184 cm³/mol. The van der Waals surface area contributed by atoms with E-state index in [2.05, 4.69) is 12.2 Å². The zero-order valence-corrected chi connectivity index (χ0v) is 31.6. The largest absolute Gasteiger partial charge is 1.00 e. The summed E-state index contributed by atoms with van der Waals surface area (Å²) >= 11 is 0. The molecule has 3 aromatic rings. The van der Waals surface area contributed by atoms with Crippen molar-refractivity contribution in [2.45, 2.75) is 115 Å². The minimum absolute atomic E-state index is 0. The Hall–Kier alpha value is -1.46. The molecule has 0 saturated carbocycles. The average molecular weight is 665 g/mol. The molecular weight excluding hydrogens is 612 g/mol. The first-order valence-corrected chi connectivity index (χ1v) is 18.0. The molecule has 0 saturated heterocycles. The van der Waals surface area contributed by atoms with Crippen molar-refractivity contribution in [1.82, 2.24) is 0 Å². The molecule has 1 amide bonds. The van der Waals surface area contributed by atoms with Crippen LogP contribution in [0.5, 0.6) is 5.75 Å². The van der Waals surface area contributed by atoms with Gasteiger partial charge in [-0.2, -0.15) is 8.42 Å². The normalized spacial score (nSPS) is 11.4. The second kappa shape index (κ2) is 21.4. The molecule has 0 spiro atoms. The van der Waals surface area contributed by atoms with Crippen LogP contribution >= 0.6 is 0 Å². The van der Waals surface area contributed by atoms with Crippen molar-refractivity contribution in [2.24, 2.45) is 0 Å². The Kier molecular flexibility index (Phi) is 18.9. The maximum atomic E-state index is 13.2. The molecule has 3 rings (SSSR count). The molecule has 0 aliphatic heterocycles. The van der Waals surface area contributed by atoms with Gasteiger partial charge in [0.25, 0.3) is 16.0 Å². The molecule has 244 valence electrons. The quantitative estimate of drug-likeness (QED) is 0.0653. The second-order valence-corrected chi connectivity index (χ2v) is 13.4. The molecule has 0 bridgehead atoms. The van der Waals surface area contributed by atoms with E-state index in [4.69, 9.17) is 0 Å². The molecule has 0 fully saturated rings. The Morgan fingerprint density at radius 3 is 1.87 bits per heavy atom. The Labute approximate surface area is 315 Å². The first kappa shape index (κ1) is 39.7. The standard InChI is InChI=1S/C36H52N2O5S.K.H/c1-3-4-5-6-7-8-9-10-11-12-13-14-15-16-17-20-27-38(2)34-26-24-30(44(41,42)43)28-33(34)37-36(40)32-25-23-29-21-18-19-22-31(29)35(32)39;;/h18-19,21-26,28,39H,3-17,20,27H2,1-2H3,(H,37,40)(H,41,42,43);;/q;+1;-1. The van der Waals surface area contributed by atoms with Gasteiger partial charge in [-0.1, -0.05) is 134 Å². The number of phenols is 1. The molecule has 0 aromatic heterocycles. The van der Waals surface area contributed by atoms with Crippen LogP contribution < -0.4 is 61.6 Å². The fraction of sp³-hybridized carbons (Fsp3) is 0.528. The molecule has 0 heterocycles. The number of rotatable bonds is 21. The van der Waals surface area contributed by atoms with Crippen LogP contribution in [0.2, 0.25) is 0 Å². The maximum absolute atomic E-state index is 13.2. The summed E-state index contributed by atoms with van der Waals surface area (Å²) in [5.74, 6) is -0.715.